The molecule has 0 N–H and O–H groups in total. The first-order valence-electron chi connectivity index (χ1n) is 30.4. The van der Waals surface area contributed by atoms with Crippen LogP contribution in [0.3, 0.4) is 0 Å². The second-order valence-corrected chi connectivity index (χ2v) is 20.2. The van der Waals surface area contributed by atoms with E-state index in [0.717, 1.165) is 77.0 Å². The highest BCUT2D eigenvalue weighted by Crippen LogP contribution is 2.17. The molecule has 410 valence electrons. The maximum atomic E-state index is 12.8. The monoisotopic (exact) mass is 991 g/mol. The van der Waals surface area contributed by atoms with Crippen molar-refractivity contribution in [3.8, 4) is 0 Å². The highest BCUT2D eigenvalue weighted by atomic mass is 16.6. The van der Waals surface area contributed by atoms with Crippen LogP contribution in [0.1, 0.15) is 303 Å². The number of ether oxygens (including phenoxy) is 3. The molecule has 0 aliphatic heterocycles. The van der Waals surface area contributed by atoms with Crippen LogP contribution in [-0.2, 0) is 28.6 Å². The highest BCUT2D eigenvalue weighted by molar-refractivity contribution is 5.71. The number of allylic oxidation sites excluding steroid dienone is 12. The molecule has 0 rings (SSSR count). The lowest BCUT2D eigenvalue weighted by Gasteiger charge is -2.18. The fourth-order valence-corrected chi connectivity index (χ4v) is 8.71. The number of carbonyl (C=O) groups excluding carboxylic acids is 3. The maximum Gasteiger partial charge on any atom is 0.306 e. The van der Waals surface area contributed by atoms with E-state index in [0.29, 0.717) is 19.3 Å². The molecule has 0 bridgehead atoms. The third-order valence-electron chi connectivity index (χ3n) is 13.2. The summed E-state index contributed by atoms with van der Waals surface area (Å²) in [5, 5.41) is 0. The van der Waals surface area contributed by atoms with Crippen molar-refractivity contribution in [1.82, 2.24) is 0 Å². The molecule has 0 heterocycles. The minimum absolute atomic E-state index is 0.101. The van der Waals surface area contributed by atoms with Gasteiger partial charge < -0.3 is 14.2 Å². The zero-order chi connectivity index (χ0) is 51.4. The molecule has 0 radical (unpaired) electrons. The van der Waals surface area contributed by atoms with Gasteiger partial charge in [0, 0.05) is 19.3 Å². The Bertz CT molecular complexity index is 1320. The number of esters is 3. The lowest BCUT2D eigenvalue weighted by molar-refractivity contribution is -0.166. The Kier molecular flexibility index (Phi) is 56.8. The molecule has 0 aliphatic carbocycles. The van der Waals surface area contributed by atoms with Crippen molar-refractivity contribution in [2.75, 3.05) is 13.2 Å². The lowest BCUT2D eigenvalue weighted by atomic mass is 10.0. The molecule has 0 spiro atoms. The average molecular weight is 992 g/mol. The SMILES string of the molecule is CC/C=C\C/C=C\C/C=C\C/C=C\C/C=C\C/C=C\CCC(=O)OC(COC(=O)CCCCCCCCCCCCCCCC)COC(=O)CCCCCCCCCCCCCCCCCCCCCC. The van der Waals surface area contributed by atoms with Crippen LogP contribution in [0.15, 0.2) is 72.9 Å². The van der Waals surface area contributed by atoms with E-state index in [1.807, 2.05) is 6.08 Å². The van der Waals surface area contributed by atoms with E-state index < -0.39 is 6.10 Å². The van der Waals surface area contributed by atoms with E-state index in [2.05, 4.69) is 87.6 Å². The second kappa shape index (κ2) is 59.4. The molecule has 0 fully saturated rings. The molecule has 71 heavy (non-hydrogen) atoms. The van der Waals surface area contributed by atoms with Gasteiger partial charge in [-0.2, -0.15) is 0 Å². The highest BCUT2D eigenvalue weighted by Gasteiger charge is 2.19. The van der Waals surface area contributed by atoms with E-state index in [-0.39, 0.29) is 37.5 Å². The van der Waals surface area contributed by atoms with Gasteiger partial charge >= 0.3 is 17.9 Å². The summed E-state index contributed by atoms with van der Waals surface area (Å²) in [5.41, 5.74) is 0. The van der Waals surface area contributed by atoms with Crippen LogP contribution >= 0.6 is 0 Å². The summed E-state index contributed by atoms with van der Waals surface area (Å²) >= 11 is 0. The lowest BCUT2D eigenvalue weighted by Crippen LogP contribution is -2.30. The summed E-state index contributed by atoms with van der Waals surface area (Å²) in [6.45, 7) is 6.50. The third kappa shape index (κ3) is 57.6. The van der Waals surface area contributed by atoms with Crippen LogP contribution in [0, 0.1) is 0 Å². The van der Waals surface area contributed by atoms with Gasteiger partial charge in [0.15, 0.2) is 6.10 Å². The Morgan fingerprint density at radius 3 is 0.831 bits per heavy atom. The van der Waals surface area contributed by atoms with Gasteiger partial charge in [-0.25, -0.2) is 0 Å². The van der Waals surface area contributed by atoms with Crippen molar-refractivity contribution in [1.29, 1.82) is 0 Å². The summed E-state index contributed by atoms with van der Waals surface area (Å²) in [7, 11) is 0. The van der Waals surface area contributed by atoms with Crippen LogP contribution in [0.25, 0.3) is 0 Å². The van der Waals surface area contributed by atoms with Crippen molar-refractivity contribution in [3.05, 3.63) is 72.9 Å². The number of unbranched alkanes of at least 4 members (excludes halogenated alkanes) is 32. The van der Waals surface area contributed by atoms with E-state index >= 15 is 0 Å². The second-order valence-electron chi connectivity index (χ2n) is 20.2. The molecular formula is C65H114O6. The predicted molar refractivity (Wildman–Crippen MR) is 307 cm³/mol. The standard InChI is InChI=1S/C65H114O6/c1-4-7-10-13-16-19-22-25-28-30-32-34-35-37-40-43-46-49-52-55-58-64(67)70-61-62(60-69-63(66)57-54-51-48-45-42-39-27-24-21-18-15-12-9-6-3)71-65(68)59-56-53-50-47-44-41-38-36-33-31-29-26-23-20-17-14-11-8-5-2/h8,11,17,20,26,29,33,36,41,44,50,53,62H,4-7,9-10,12-16,18-19,21-25,27-28,30-32,34-35,37-40,42-43,45-49,51-52,54-61H2,1-3H3/b11-8-,20-17-,29-26-,36-33-,44-41-,53-50-. The molecule has 0 aliphatic rings. The van der Waals surface area contributed by atoms with Crippen LogP contribution in [0.5, 0.6) is 0 Å². The Hall–Kier alpha value is -3.15. The van der Waals surface area contributed by atoms with Crippen LogP contribution in [0.4, 0.5) is 0 Å². The normalized spacial score (nSPS) is 12.5. The van der Waals surface area contributed by atoms with Gasteiger partial charge in [-0.15, -0.1) is 0 Å². The first-order valence-corrected chi connectivity index (χ1v) is 30.4. The Morgan fingerprint density at radius 2 is 0.549 bits per heavy atom. The van der Waals surface area contributed by atoms with Gasteiger partial charge in [0.1, 0.15) is 13.2 Å². The number of hydrogen-bond acceptors (Lipinski definition) is 6. The smallest absolute Gasteiger partial charge is 0.306 e. The van der Waals surface area contributed by atoms with Crippen molar-refractivity contribution >= 4 is 17.9 Å². The topological polar surface area (TPSA) is 78.9 Å². The summed E-state index contributed by atoms with van der Waals surface area (Å²) in [4.78, 5) is 38.2. The molecule has 0 aromatic rings. The van der Waals surface area contributed by atoms with Gasteiger partial charge in [-0.3, -0.25) is 14.4 Å². The van der Waals surface area contributed by atoms with Crippen LogP contribution in [0.2, 0.25) is 0 Å². The van der Waals surface area contributed by atoms with Gasteiger partial charge in [0.25, 0.3) is 0 Å². The minimum atomic E-state index is -0.813. The maximum absolute atomic E-state index is 12.8. The van der Waals surface area contributed by atoms with Crippen molar-refractivity contribution in [2.24, 2.45) is 0 Å². The van der Waals surface area contributed by atoms with E-state index in [4.69, 9.17) is 14.2 Å². The quantitative estimate of drug-likeness (QED) is 0.0261. The summed E-state index contributed by atoms with van der Waals surface area (Å²) < 4.78 is 16.8. The number of carbonyl (C=O) groups is 3. The molecular weight excluding hydrogens is 877 g/mol. The Morgan fingerprint density at radius 1 is 0.296 bits per heavy atom. The van der Waals surface area contributed by atoms with Crippen molar-refractivity contribution in [3.63, 3.8) is 0 Å². The largest absolute Gasteiger partial charge is 0.462 e. The molecule has 6 heteroatoms. The fraction of sp³-hybridized carbons (Fsp3) is 0.769. The van der Waals surface area contributed by atoms with E-state index in [1.165, 1.54) is 180 Å². The van der Waals surface area contributed by atoms with E-state index in [1.54, 1.807) is 0 Å². The van der Waals surface area contributed by atoms with E-state index in [9.17, 15) is 14.4 Å². The molecule has 0 saturated heterocycles. The first kappa shape index (κ1) is 67.8. The average Bonchev–Trinajstić information content (AvgIpc) is 3.37. The summed E-state index contributed by atoms with van der Waals surface area (Å²) in [6.07, 6.45) is 76.3. The summed E-state index contributed by atoms with van der Waals surface area (Å²) in [5.74, 6) is -0.971. The minimum Gasteiger partial charge on any atom is -0.462 e. The van der Waals surface area contributed by atoms with Gasteiger partial charge in [-0.1, -0.05) is 299 Å². The molecule has 6 nitrogen and oxygen atoms in total. The zero-order valence-electron chi connectivity index (χ0n) is 47.0. The molecule has 0 aromatic carbocycles. The Balaban J connectivity index is 4.43. The zero-order valence-corrected chi connectivity index (χ0v) is 47.0. The number of rotatable bonds is 55. The molecule has 1 atom stereocenters. The number of hydrogen-bond donors (Lipinski definition) is 0. The van der Waals surface area contributed by atoms with Crippen molar-refractivity contribution < 1.29 is 28.6 Å². The Labute approximate surface area is 440 Å². The van der Waals surface area contributed by atoms with Crippen molar-refractivity contribution in [2.45, 2.75) is 309 Å². The van der Waals surface area contributed by atoms with Crippen LogP contribution in [-0.4, -0.2) is 37.2 Å². The summed E-state index contributed by atoms with van der Waals surface area (Å²) in [6, 6.07) is 0. The molecule has 1 unspecified atom stereocenters. The van der Waals surface area contributed by atoms with Gasteiger partial charge in [0.05, 0.1) is 0 Å². The van der Waals surface area contributed by atoms with Gasteiger partial charge in [-0.05, 0) is 57.8 Å². The molecule has 0 saturated carbocycles. The first-order chi connectivity index (χ1) is 35.0. The van der Waals surface area contributed by atoms with Crippen LogP contribution < -0.4 is 0 Å². The predicted octanol–water partition coefficient (Wildman–Crippen LogP) is 20.5. The van der Waals surface area contributed by atoms with Gasteiger partial charge in [0.2, 0.25) is 0 Å². The fourth-order valence-electron chi connectivity index (χ4n) is 8.71. The third-order valence-corrected chi connectivity index (χ3v) is 13.2. The molecule has 0 amide bonds. The molecule has 0 aromatic heterocycles.